The Morgan fingerprint density at radius 2 is 1.57 bits per heavy atom. The van der Waals surface area contributed by atoms with Gasteiger partial charge in [-0.1, -0.05) is 20.8 Å². The zero-order valence-electron chi connectivity index (χ0n) is 14.4. The summed E-state index contributed by atoms with van der Waals surface area (Å²) < 4.78 is 0. The van der Waals surface area contributed by atoms with Gasteiger partial charge in [0.2, 0.25) is 0 Å². The molecule has 4 nitrogen and oxygen atoms in total. The van der Waals surface area contributed by atoms with Crippen molar-refractivity contribution in [2.24, 2.45) is 10.8 Å². The largest absolute Gasteiger partial charge is 0.465 e. The number of hydrogen-bond acceptors (Lipinski definition) is 2. The predicted octanol–water partition coefficient (Wildman–Crippen LogP) is 3.67. The lowest BCUT2D eigenvalue weighted by Crippen LogP contribution is -2.48. The molecule has 2 saturated heterocycles. The van der Waals surface area contributed by atoms with E-state index in [0.717, 1.165) is 25.9 Å². The summed E-state index contributed by atoms with van der Waals surface area (Å²) in [7, 11) is 0. The van der Waals surface area contributed by atoms with Gasteiger partial charge in [-0.15, -0.1) is 0 Å². The van der Waals surface area contributed by atoms with Crippen LogP contribution in [0.15, 0.2) is 0 Å². The molecule has 2 fully saturated rings. The van der Waals surface area contributed by atoms with Gasteiger partial charge in [0.15, 0.2) is 0 Å². The molecule has 122 valence electrons. The first-order valence-electron chi connectivity index (χ1n) is 8.26. The highest BCUT2D eigenvalue weighted by Gasteiger charge is 2.45. The van der Waals surface area contributed by atoms with E-state index in [1.54, 1.807) is 4.90 Å². The molecule has 1 spiro atoms. The van der Waals surface area contributed by atoms with Crippen LogP contribution in [0.4, 0.5) is 4.79 Å². The van der Waals surface area contributed by atoms with Crippen LogP contribution in [0.2, 0.25) is 0 Å². The number of likely N-dealkylation sites (tertiary alicyclic amines) is 2. The molecule has 1 N–H and O–H groups in total. The van der Waals surface area contributed by atoms with Crippen LogP contribution in [-0.4, -0.2) is 52.7 Å². The molecule has 0 radical (unpaired) electrons. The summed E-state index contributed by atoms with van der Waals surface area (Å²) in [5, 5.41) is 9.09. The molecular formula is C17H32N2O2. The minimum absolute atomic E-state index is 0.228. The molecule has 2 rings (SSSR count). The maximum Gasteiger partial charge on any atom is 0.407 e. The maximum absolute atomic E-state index is 11.1. The Morgan fingerprint density at radius 1 is 1.05 bits per heavy atom. The number of amides is 1. The zero-order valence-corrected chi connectivity index (χ0v) is 14.4. The van der Waals surface area contributed by atoms with Gasteiger partial charge in [0.05, 0.1) is 0 Å². The van der Waals surface area contributed by atoms with Crippen molar-refractivity contribution in [1.29, 1.82) is 0 Å². The molecule has 2 aliphatic rings. The van der Waals surface area contributed by atoms with Crippen LogP contribution in [0.1, 0.15) is 60.3 Å². The fourth-order valence-electron chi connectivity index (χ4n) is 4.44. The second-order valence-corrected chi connectivity index (χ2v) is 8.99. The lowest BCUT2D eigenvalue weighted by atomic mass is 9.77. The van der Waals surface area contributed by atoms with E-state index in [4.69, 9.17) is 5.11 Å². The Morgan fingerprint density at radius 3 is 2.05 bits per heavy atom. The van der Waals surface area contributed by atoms with Gasteiger partial charge in [-0.25, -0.2) is 4.79 Å². The predicted molar refractivity (Wildman–Crippen MR) is 85.6 cm³/mol. The molecule has 2 aliphatic heterocycles. The van der Waals surface area contributed by atoms with Gasteiger partial charge in [-0.05, 0) is 56.9 Å². The Bertz CT molecular complexity index is 390. The fraction of sp³-hybridized carbons (Fsp3) is 0.941. The zero-order chi connectivity index (χ0) is 15.9. The number of hydrogen-bond donors (Lipinski definition) is 1. The highest BCUT2D eigenvalue weighted by molar-refractivity contribution is 5.65. The Labute approximate surface area is 129 Å². The van der Waals surface area contributed by atoms with Crippen molar-refractivity contribution >= 4 is 6.09 Å². The third-order valence-electron chi connectivity index (χ3n) is 5.35. The highest BCUT2D eigenvalue weighted by Crippen LogP contribution is 2.44. The first-order chi connectivity index (χ1) is 9.53. The third-order valence-corrected chi connectivity index (χ3v) is 5.35. The summed E-state index contributed by atoms with van der Waals surface area (Å²) in [6.07, 6.45) is 3.72. The average molecular weight is 296 g/mol. The molecule has 0 bridgehead atoms. The van der Waals surface area contributed by atoms with Crippen LogP contribution < -0.4 is 0 Å². The third kappa shape index (κ3) is 3.91. The lowest BCUT2D eigenvalue weighted by molar-refractivity contribution is 0.0617. The van der Waals surface area contributed by atoms with Crippen molar-refractivity contribution in [3.05, 3.63) is 0 Å². The van der Waals surface area contributed by atoms with E-state index in [0.29, 0.717) is 23.9 Å². The van der Waals surface area contributed by atoms with Crippen LogP contribution in [0, 0.1) is 10.8 Å². The van der Waals surface area contributed by atoms with Crippen molar-refractivity contribution in [3.63, 3.8) is 0 Å². The molecule has 0 unspecified atom stereocenters. The molecule has 4 heteroatoms. The molecule has 21 heavy (non-hydrogen) atoms. The first kappa shape index (κ1) is 16.6. The number of carbonyl (C=O) groups is 1. The number of piperidine rings is 1. The Hall–Kier alpha value is -0.770. The van der Waals surface area contributed by atoms with E-state index in [1.165, 1.54) is 12.8 Å². The van der Waals surface area contributed by atoms with E-state index in [-0.39, 0.29) is 5.54 Å². The van der Waals surface area contributed by atoms with Crippen LogP contribution >= 0.6 is 0 Å². The standard InChI is InChI=1S/C17H32N2O2/c1-15(2,3)12-16(4,5)19-11-8-17(13-19)6-9-18(10-7-17)14(20)21/h6-13H2,1-5H3,(H,20,21). The smallest absolute Gasteiger partial charge is 0.407 e. The Kier molecular flexibility index (Phi) is 4.31. The van der Waals surface area contributed by atoms with Gasteiger partial charge in [0.25, 0.3) is 0 Å². The average Bonchev–Trinajstić information content (AvgIpc) is 2.71. The van der Waals surface area contributed by atoms with Crippen molar-refractivity contribution < 1.29 is 9.90 Å². The second-order valence-electron chi connectivity index (χ2n) is 8.99. The topological polar surface area (TPSA) is 43.8 Å². The summed E-state index contributed by atoms with van der Waals surface area (Å²) in [4.78, 5) is 15.3. The summed E-state index contributed by atoms with van der Waals surface area (Å²) in [5.41, 5.74) is 0.929. The highest BCUT2D eigenvalue weighted by atomic mass is 16.4. The first-order valence-corrected chi connectivity index (χ1v) is 8.26. The van der Waals surface area contributed by atoms with Crippen molar-refractivity contribution in [1.82, 2.24) is 9.80 Å². The number of carboxylic acid groups (broad SMARTS) is 1. The summed E-state index contributed by atoms with van der Waals surface area (Å²) >= 11 is 0. The molecule has 0 aromatic carbocycles. The molecule has 0 atom stereocenters. The normalized spacial score (nSPS) is 23.8. The molecule has 2 heterocycles. The fourth-order valence-corrected chi connectivity index (χ4v) is 4.44. The minimum Gasteiger partial charge on any atom is -0.465 e. The molecular weight excluding hydrogens is 264 g/mol. The summed E-state index contributed by atoms with van der Waals surface area (Å²) in [6, 6.07) is 0. The monoisotopic (exact) mass is 296 g/mol. The molecule has 0 aromatic rings. The summed E-state index contributed by atoms with van der Waals surface area (Å²) in [6.45, 7) is 15.4. The van der Waals surface area contributed by atoms with Crippen molar-refractivity contribution in [3.8, 4) is 0 Å². The van der Waals surface area contributed by atoms with Gasteiger partial charge >= 0.3 is 6.09 Å². The molecule has 0 aliphatic carbocycles. The molecule has 1 amide bonds. The number of nitrogens with zero attached hydrogens (tertiary/aromatic N) is 2. The van der Waals surface area contributed by atoms with E-state index in [2.05, 4.69) is 39.5 Å². The van der Waals surface area contributed by atoms with Gasteiger partial charge in [0, 0.05) is 25.2 Å². The maximum atomic E-state index is 11.1. The Balaban J connectivity index is 1.96. The molecule has 0 saturated carbocycles. The van der Waals surface area contributed by atoms with Crippen molar-refractivity contribution in [2.45, 2.75) is 65.8 Å². The molecule has 0 aromatic heterocycles. The van der Waals surface area contributed by atoms with Crippen molar-refractivity contribution in [2.75, 3.05) is 26.2 Å². The lowest BCUT2D eigenvalue weighted by Gasteiger charge is -2.43. The van der Waals surface area contributed by atoms with Crippen LogP contribution in [0.5, 0.6) is 0 Å². The van der Waals surface area contributed by atoms with Crippen LogP contribution in [-0.2, 0) is 0 Å². The number of rotatable bonds is 2. The minimum atomic E-state index is -0.757. The quantitative estimate of drug-likeness (QED) is 0.845. The van der Waals surface area contributed by atoms with Gasteiger partial charge < -0.3 is 10.0 Å². The van der Waals surface area contributed by atoms with Crippen LogP contribution in [0.3, 0.4) is 0 Å². The van der Waals surface area contributed by atoms with Gasteiger partial charge in [-0.3, -0.25) is 4.90 Å². The van der Waals surface area contributed by atoms with Gasteiger partial charge in [0.1, 0.15) is 0 Å². The van der Waals surface area contributed by atoms with Gasteiger partial charge in [-0.2, -0.15) is 0 Å². The van der Waals surface area contributed by atoms with E-state index in [9.17, 15) is 4.79 Å². The van der Waals surface area contributed by atoms with E-state index >= 15 is 0 Å². The van der Waals surface area contributed by atoms with E-state index < -0.39 is 6.09 Å². The second kappa shape index (κ2) is 5.45. The van der Waals surface area contributed by atoms with Crippen LogP contribution in [0.25, 0.3) is 0 Å². The summed E-state index contributed by atoms with van der Waals surface area (Å²) in [5.74, 6) is 0. The van der Waals surface area contributed by atoms with E-state index in [1.807, 2.05) is 0 Å². The SMILES string of the molecule is CC(C)(C)CC(C)(C)N1CCC2(CCN(C(=O)O)CC2)C1.